The van der Waals surface area contributed by atoms with E-state index in [4.69, 9.17) is 4.52 Å². The Kier molecular flexibility index (Phi) is 3.91. The molecule has 2 atom stereocenters. The first-order chi connectivity index (χ1) is 12.8. The third-order valence-electron chi connectivity index (χ3n) is 5.78. The standard InChI is InChI=1S/C20H24N4O3/c1-12-10-23(11-20(12,4)21-19(25)26)16-7-5-6-15-17(16)27-22-18(15)24-13(2)8-9-14(24)3/h5-9,12,21H,10-11H2,1-4H3,(H,25,26)/t12-,20-/m0/s1. The zero-order chi connectivity index (χ0) is 19.3. The Morgan fingerprint density at radius 3 is 2.67 bits per heavy atom. The Morgan fingerprint density at radius 1 is 1.30 bits per heavy atom. The zero-order valence-electron chi connectivity index (χ0n) is 16.0. The van der Waals surface area contributed by atoms with E-state index in [2.05, 4.69) is 39.0 Å². The predicted octanol–water partition coefficient (Wildman–Crippen LogP) is 3.72. The highest BCUT2D eigenvalue weighted by atomic mass is 16.5. The summed E-state index contributed by atoms with van der Waals surface area (Å²) in [6, 6.07) is 10.1. The van der Waals surface area contributed by atoms with Crippen molar-refractivity contribution in [2.45, 2.75) is 33.2 Å². The van der Waals surface area contributed by atoms with Crippen LogP contribution >= 0.6 is 0 Å². The molecule has 1 aliphatic heterocycles. The van der Waals surface area contributed by atoms with Gasteiger partial charge < -0.3 is 19.8 Å². The number of fused-ring (bicyclic) bond motifs is 1. The number of nitrogens with one attached hydrogen (secondary N) is 1. The molecule has 1 aliphatic rings. The maximum absolute atomic E-state index is 11.2. The van der Waals surface area contributed by atoms with Crippen LogP contribution in [0.3, 0.4) is 0 Å². The second-order valence-electron chi connectivity index (χ2n) is 7.74. The van der Waals surface area contributed by atoms with Gasteiger partial charge >= 0.3 is 6.09 Å². The summed E-state index contributed by atoms with van der Waals surface area (Å²) in [7, 11) is 0. The number of aromatic nitrogens is 2. The smallest absolute Gasteiger partial charge is 0.405 e. The number of amides is 1. The first kappa shape index (κ1) is 17.5. The number of benzene rings is 1. The van der Waals surface area contributed by atoms with Gasteiger partial charge in [-0.25, -0.2) is 4.79 Å². The molecule has 7 nitrogen and oxygen atoms in total. The van der Waals surface area contributed by atoms with Gasteiger partial charge in [-0.15, -0.1) is 0 Å². The zero-order valence-corrected chi connectivity index (χ0v) is 16.0. The van der Waals surface area contributed by atoms with Crippen molar-refractivity contribution in [3.8, 4) is 5.82 Å². The van der Waals surface area contributed by atoms with E-state index in [9.17, 15) is 9.90 Å². The first-order valence-electron chi connectivity index (χ1n) is 9.10. The van der Waals surface area contributed by atoms with Crippen LogP contribution in [-0.4, -0.2) is 39.6 Å². The van der Waals surface area contributed by atoms with Gasteiger partial charge in [0, 0.05) is 24.5 Å². The number of carbonyl (C=O) groups is 1. The highest BCUT2D eigenvalue weighted by Crippen LogP contribution is 2.37. The number of carboxylic acid groups (broad SMARTS) is 1. The Hall–Kier alpha value is -2.96. The quantitative estimate of drug-likeness (QED) is 0.736. The summed E-state index contributed by atoms with van der Waals surface area (Å²) in [6.45, 7) is 9.43. The van der Waals surface area contributed by atoms with Crippen molar-refractivity contribution in [3.05, 3.63) is 41.7 Å². The lowest BCUT2D eigenvalue weighted by atomic mass is 9.91. The van der Waals surface area contributed by atoms with Crippen LogP contribution in [0.1, 0.15) is 25.2 Å². The molecule has 1 saturated heterocycles. The Balaban J connectivity index is 1.76. The summed E-state index contributed by atoms with van der Waals surface area (Å²) in [5, 5.41) is 17.2. The molecule has 27 heavy (non-hydrogen) atoms. The molecule has 0 radical (unpaired) electrons. The van der Waals surface area contributed by atoms with E-state index in [1.807, 2.05) is 39.0 Å². The fraction of sp³-hybridized carbons (Fsp3) is 0.400. The number of anilines is 1. The average Bonchev–Trinajstić information content (AvgIpc) is 3.24. The highest BCUT2D eigenvalue weighted by Gasteiger charge is 2.42. The molecule has 3 heterocycles. The molecule has 1 amide bonds. The third kappa shape index (κ3) is 2.74. The van der Waals surface area contributed by atoms with E-state index in [1.54, 1.807) is 0 Å². The molecule has 4 rings (SSSR count). The maximum Gasteiger partial charge on any atom is 0.405 e. The van der Waals surface area contributed by atoms with Crippen LogP contribution in [0.2, 0.25) is 0 Å². The fourth-order valence-corrected chi connectivity index (χ4v) is 4.09. The third-order valence-corrected chi connectivity index (χ3v) is 5.78. The van der Waals surface area contributed by atoms with Gasteiger partial charge in [0.25, 0.3) is 0 Å². The number of nitrogens with zero attached hydrogens (tertiary/aromatic N) is 3. The summed E-state index contributed by atoms with van der Waals surface area (Å²) < 4.78 is 7.84. The molecule has 3 aromatic rings. The van der Waals surface area contributed by atoms with Crippen molar-refractivity contribution < 1.29 is 14.4 Å². The van der Waals surface area contributed by atoms with Gasteiger partial charge in [-0.05, 0) is 51.0 Å². The fourth-order valence-electron chi connectivity index (χ4n) is 4.09. The Morgan fingerprint density at radius 2 is 2.00 bits per heavy atom. The van der Waals surface area contributed by atoms with Crippen LogP contribution < -0.4 is 10.2 Å². The highest BCUT2D eigenvalue weighted by molar-refractivity contribution is 5.94. The van der Waals surface area contributed by atoms with Gasteiger partial charge in [-0.3, -0.25) is 4.57 Å². The van der Waals surface area contributed by atoms with Crippen molar-refractivity contribution in [3.63, 3.8) is 0 Å². The second kappa shape index (κ2) is 6.04. The van der Waals surface area contributed by atoms with Gasteiger partial charge in [0.15, 0.2) is 11.4 Å². The van der Waals surface area contributed by atoms with Gasteiger partial charge in [0.1, 0.15) is 0 Å². The lowest BCUT2D eigenvalue weighted by Gasteiger charge is -2.28. The Bertz CT molecular complexity index is 1000. The van der Waals surface area contributed by atoms with Crippen molar-refractivity contribution in [2.75, 3.05) is 18.0 Å². The largest absolute Gasteiger partial charge is 0.465 e. The average molecular weight is 368 g/mol. The van der Waals surface area contributed by atoms with Gasteiger partial charge in [0.05, 0.1) is 16.6 Å². The molecule has 2 aromatic heterocycles. The lowest BCUT2D eigenvalue weighted by Crippen LogP contribution is -2.50. The van der Waals surface area contributed by atoms with Crippen LogP contribution in [0, 0.1) is 19.8 Å². The number of aryl methyl sites for hydroxylation is 2. The minimum atomic E-state index is -0.995. The van der Waals surface area contributed by atoms with Crippen LogP contribution in [0.5, 0.6) is 0 Å². The van der Waals surface area contributed by atoms with E-state index in [0.29, 0.717) is 6.54 Å². The molecular formula is C20H24N4O3. The maximum atomic E-state index is 11.2. The molecule has 0 spiro atoms. The molecule has 1 aromatic carbocycles. The van der Waals surface area contributed by atoms with Gasteiger partial charge in [0.2, 0.25) is 0 Å². The summed E-state index contributed by atoms with van der Waals surface area (Å²) in [5.41, 5.74) is 3.36. The summed E-state index contributed by atoms with van der Waals surface area (Å²) in [6.07, 6.45) is -0.995. The topological polar surface area (TPSA) is 83.5 Å². The Labute approximate surface area is 157 Å². The van der Waals surface area contributed by atoms with E-state index in [0.717, 1.165) is 40.4 Å². The monoisotopic (exact) mass is 368 g/mol. The number of hydrogen-bond acceptors (Lipinski definition) is 4. The molecule has 2 N–H and O–H groups in total. The minimum Gasteiger partial charge on any atom is -0.465 e. The lowest BCUT2D eigenvalue weighted by molar-refractivity contribution is 0.175. The molecule has 0 bridgehead atoms. The van der Waals surface area contributed by atoms with Crippen LogP contribution in [-0.2, 0) is 0 Å². The van der Waals surface area contributed by atoms with Crippen LogP contribution in [0.4, 0.5) is 10.5 Å². The number of hydrogen-bond donors (Lipinski definition) is 2. The van der Waals surface area contributed by atoms with Gasteiger partial charge in [-0.1, -0.05) is 18.1 Å². The summed E-state index contributed by atoms with van der Waals surface area (Å²) in [5.74, 6) is 0.950. The molecule has 142 valence electrons. The molecular weight excluding hydrogens is 344 g/mol. The van der Waals surface area contributed by atoms with E-state index in [1.165, 1.54) is 0 Å². The minimum absolute atomic E-state index is 0.167. The molecule has 0 aliphatic carbocycles. The molecule has 1 fully saturated rings. The SMILES string of the molecule is Cc1ccc(C)n1-c1noc2c(N3C[C@H](C)[C@@](C)(NC(=O)O)C3)cccc12. The van der Waals surface area contributed by atoms with E-state index in [-0.39, 0.29) is 5.92 Å². The van der Waals surface area contributed by atoms with E-state index < -0.39 is 11.6 Å². The predicted molar refractivity (Wildman–Crippen MR) is 104 cm³/mol. The molecule has 7 heteroatoms. The van der Waals surface area contributed by atoms with Crippen molar-refractivity contribution in [1.82, 2.24) is 15.0 Å². The van der Waals surface area contributed by atoms with Crippen molar-refractivity contribution >= 4 is 22.7 Å². The number of para-hydroxylation sites is 1. The van der Waals surface area contributed by atoms with E-state index >= 15 is 0 Å². The van der Waals surface area contributed by atoms with Crippen molar-refractivity contribution in [2.24, 2.45) is 5.92 Å². The van der Waals surface area contributed by atoms with Gasteiger partial charge in [-0.2, -0.15) is 0 Å². The molecule has 0 saturated carbocycles. The summed E-state index contributed by atoms with van der Waals surface area (Å²) >= 11 is 0. The second-order valence-corrected chi connectivity index (χ2v) is 7.74. The summed E-state index contributed by atoms with van der Waals surface area (Å²) in [4.78, 5) is 13.4. The number of rotatable bonds is 3. The van der Waals surface area contributed by atoms with Crippen molar-refractivity contribution in [1.29, 1.82) is 0 Å². The normalized spacial score (nSPS) is 22.5. The first-order valence-corrected chi connectivity index (χ1v) is 9.10. The molecule has 0 unspecified atom stereocenters. The van der Waals surface area contributed by atoms with Crippen LogP contribution in [0.15, 0.2) is 34.9 Å². The van der Waals surface area contributed by atoms with Crippen LogP contribution in [0.25, 0.3) is 16.8 Å².